The van der Waals surface area contributed by atoms with Gasteiger partial charge in [-0.3, -0.25) is 4.79 Å². The number of ketones is 1. The van der Waals surface area contributed by atoms with Gasteiger partial charge in [0.15, 0.2) is 5.78 Å². The molecular formula is C8H9ClO. The standard InChI is InChI=1S/C8H9ClO/c1-8(9)6-4-2-3-5(6)7(8)10/h2,4-6H,3H2,1H3/t5-,6+,8+/m1/s1. The second-order valence-corrected chi connectivity index (χ2v) is 4.02. The van der Waals surface area contributed by atoms with Gasteiger partial charge >= 0.3 is 0 Å². The summed E-state index contributed by atoms with van der Waals surface area (Å²) < 4.78 is 0. The third kappa shape index (κ3) is 0.523. The van der Waals surface area contributed by atoms with E-state index in [0.717, 1.165) is 6.42 Å². The Hall–Kier alpha value is -0.300. The van der Waals surface area contributed by atoms with Gasteiger partial charge in [0.05, 0.1) is 0 Å². The molecule has 2 rings (SSSR count). The van der Waals surface area contributed by atoms with Crippen molar-refractivity contribution in [3.63, 3.8) is 0 Å². The van der Waals surface area contributed by atoms with E-state index in [-0.39, 0.29) is 11.7 Å². The first-order chi connectivity index (χ1) is 4.64. The highest BCUT2D eigenvalue weighted by molar-refractivity contribution is 6.38. The first kappa shape index (κ1) is 6.41. The lowest BCUT2D eigenvalue weighted by molar-refractivity contribution is -0.135. The molecule has 0 N–H and O–H groups in total. The van der Waals surface area contributed by atoms with Crippen LogP contribution in [0, 0.1) is 11.8 Å². The average Bonchev–Trinajstić information content (AvgIpc) is 2.31. The van der Waals surface area contributed by atoms with E-state index in [1.165, 1.54) is 0 Å². The van der Waals surface area contributed by atoms with Crippen molar-refractivity contribution in [2.75, 3.05) is 0 Å². The zero-order valence-electron chi connectivity index (χ0n) is 5.80. The van der Waals surface area contributed by atoms with E-state index in [1.807, 2.05) is 6.92 Å². The molecule has 54 valence electrons. The van der Waals surface area contributed by atoms with Crippen molar-refractivity contribution in [2.24, 2.45) is 11.8 Å². The van der Waals surface area contributed by atoms with Crippen LogP contribution < -0.4 is 0 Å². The molecule has 1 nitrogen and oxygen atoms in total. The number of allylic oxidation sites excluding steroid dienone is 2. The molecule has 1 saturated carbocycles. The van der Waals surface area contributed by atoms with Crippen LogP contribution in [-0.2, 0) is 4.79 Å². The Morgan fingerprint density at radius 1 is 1.80 bits per heavy atom. The molecule has 1 fully saturated rings. The minimum Gasteiger partial charge on any atom is -0.297 e. The average molecular weight is 157 g/mol. The van der Waals surface area contributed by atoms with E-state index in [1.54, 1.807) is 0 Å². The predicted octanol–water partition coefficient (Wildman–Crippen LogP) is 1.76. The maximum Gasteiger partial charge on any atom is 0.158 e. The monoisotopic (exact) mass is 156 g/mol. The van der Waals surface area contributed by atoms with Crippen LogP contribution in [-0.4, -0.2) is 10.7 Å². The molecule has 0 unspecified atom stereocenters. The highest BCUT2D eigenvalue weighted by Crippen LogP contribution is 2.50. The zero-order chi connectivity index (χ0) is 7.35. The summed E-state index contributed by atoms with van der Waals surface area (Å²) >= 11 is 5.96. The Bertz CT molecular complexity index is 217. The van der Waals surface area contributed by atoms with E-state index in [4.69, 9.17) is 11.6 Å². The van der Waals surface area contributed by atoms with Crippen LogP contribution in [0.3, 0.4) is 0 Å². The topological polar surface area (TPSA) is 17.1 Å². The summed E-state index contributed by atoms with van der Waals surface area (Å²) in [5.41, 5.74) is 0. The fourth-order valence-electron chi connectivity index (χ4n) is 1.91. The smallest absolute Gasteiger partial charge is 0.158 e. The summed E-state index contributed by atoms with van der Waals surface area (Å²) in [7, 11) is 0. The first-order valence-corrected chi connectivity index (χ1v) is 3.91. The number of fused-ring (bicyclic) bond motifs is 1. The van der Waals surface area contributed by atoms with Gasteiger partial charge in [-0.05, 0) is 13.3 Å². The van der Waals surface area contributed by atoms with Crippen molar-refractivity contribution < 1.29 is 4.79 Å². The summed E-state index contributed by atoms with van der Waals surface area (Å²) in [6.07, 6.45) is 5.03. The molecule has 0 spiro atoms. The van der Waals surface area contributed by atoms with Gasteiger partial charge in [-0.15, -0.1) is 11.6 Å². The maximum atomic E-state index is 11.2. The van der Waals surface area contributed by atoms with E-state index >= 15 is 0 Å². The van der Waals surface area contributed by atoms with Crippen LogP contribution in [0.4, 0.5) is 0 Å². The van der Waals surface area contributed by atoms with Crippen LogP contribution in [0.1, 0.15) is 13.3 Å². The van der Waals surface area contributed by atoms with Crippen molar-refractivity contribution in [2.45, 2.75) is 18.2 Å². The first-order valence-electron chi connectivity index (χ1n) is 3.54. The van der Waals surface area contributed by atoms with Gasteiger partial charge in [0, 0.05) is 11.8 Å². The van der Waals surface area contributed by atoms with Crippen molar-refractivity contribution >= 4 is 17.4 Å². The molecule has 0 aromatic carbocycles. The molecule has 2 heteroatoms. The van der Waals surface area contributed by atoms with Crippen molar-refractivity contribution in [1.82, 2.24) is 0 Å². The lowest BCUT2D eigenvalue weighted by Crippen LogP contribution is -2.55. The van der Waals surface area contributed by atoms with Crippen LogP contribution in [0.2, 0.25) is 0 Å². The van der Waals surface area contributed by atoms with Gasteiger partial charge in [-0.1, -0.05) is 12.2 Å². The van der Waals surface area contributed by atoms with Gasteiger partial charge in [-0.2, -0.15) is 0 Å². The summed E-state index contributed by atoms with van der Waals surface area (Å²) in [6, 6.07) is 0. The molecule has 0 saturated heterocycles. The Labute approximate surface area is 65.1 Å². The number of halogens is 1. The second-order valence-electron chi connectivity index (χ2n) is 3.24. The molecule has 3 atom stereocenters. The lowest BCUT2D eigenvalue weighted by atomic mass is 9.65. The Morgan fingerprint density at radius 3 is 3.10 bits per heavy atom. The molecule has 0 amide bonds. The number of carbonyl (C=O) groups is 1. The largest absolute Gasteiger partial charge is 0.297 e. The molecule has 10 heavy (non-hydrogen) atoms. The highest BCUT2D eigenvalue weighted by Gasteiger charge is 2.57. The lowest BCUT2D eigenvalue weighted by Gasteiger charge is -2.43. The molecule has 2 aliphatic rings. The third-order valence-electron chi connectivity index (χ3n) is 2.61. The third-order valence-corrected chi connectivity index (χ3v) is 3.05. The highest BCUT2D eigenvalue weighted by atomic mass is 35.5. The number of rotatable bonds is 0. The summed E-state index contributed by atoms with van der Waals surface area (Å²) in [4.78, 5) is 10.6. The molecule has 2 aliphatic carbocycles. The number of alkyl halides is 1. The van der Waals surface area contributed by atoms with Crippen LogP contribution >= 0.6 is 11.6 Å². The van der Waals surface area contributed by atoms with E-state index in [0.29, 0.717) is 5.92 Å². The van der Waals surface area contributed by atoms with Gasteiger partial charge < -0.3 is 0 Å². The molecule has 0 heterocycles. The van der Waals surface area contributed by atoms with E-state index in [2.05, 4.69) is 12.2 Å². The minimum atomic E-state index is -0.572. The SMILES string of the molecule is C[C@@]1(Cl)C(=O)[C@@H]2CC=C[C@@H]21. The minimum absolute atomic E-state index is 0.225. The number of carbonyl (C=O) groups excluding carboxylic acids is 1. The Balaban J connectivity index is 2.29. The fourth-order valence-corrected chi connectivity index (χ4v) is 2.28. The van der Waals surface area contributed by atoms with Crippen LogP contribution in [0.25, 0.3) is 0 Å². The Morgan fingerprint density at radius 2 is 2.50 bits per heavy atom. The van der Waals surface area contributed by atoms with Crippen LogP contribution in [0.5, 0.6) is 0 Å². The van der Waals surface area contributed by atoms with E-state index < -0.39 is 4.87 Å². The fraction of sp³-hybridized carbons (Fsp3) is 0.625. The normalized spacial score (nSPS) is 50.8. The van der Waals surface area contributed by atoms with Crippen molar-refractivity contribution in [3.8, 4) is 0 Å². The van der Waals surface area contributed by atoms with Gasteiger partial charge in [0.1, 0.15) is 4.87 Å². The Kier molecular flexibility index (Phi) is 1.06. The van der Waals surface area contributed by atoms with Crippen molar-refractivity contribution in [3.05, 3.63) is 12.2 Å². The van der Waals surface area contributed by atoms with Gasteiger partial charge in [-0.25, -0.2) is 0 Å². The number of Topliss-reactive ketones (excluding diaryl/α,β-unsaturated/α-hetero) is 1. The quantitative estimate of drug-likeness (QED) is 0.386. The molecule has 0 aromatic heterocycles. The molecular weight excluding hydrogens is 148 g/mol. The zero-order valence-corrected chi connectivity index (χ0v) is 6.56. The molecule has 0 aliphatic heterocycles. The molecule has 0 bridgehead atoms. The maximum absolute atomic E-state index is 11.2. The number of hydrogen-bond donors (Lipinski definition) is 0. The van der Waals surface area contributed by atoms with Crippen LogP contribution in [0.15, 0.2) is 12.2 Å². The van der Waals surface area contributed by atoms with Gasteiger partial charge in [0.25, 0.3) is 0 Å². The predicted molar refractivity (Wildman–Crippen MR) is 40.0 cm³/mol. The van der Waals surface area contributed by atoms with E-state index in [9.17, 15) is 4.79 Å². The van der Waals surface area contributed by atoms with Crippen molar-refractivity contribution in [1.29, 1.82) is 0 Å². The summed E-state index contributed by atoms with van der Waals surface area (Å²) in [5, 5.41) is 0. The number of hydrogen-bond acceptors (Lipinski definition) is 1. The molecule has 0 radical (unpaired) electrons. The molecule has 0 aromatic rings. The second kappa shape index (κ2) is 1.65. The summed E-state index contributed by atoms with van der Waals surface area (Å²) in [6.45, 7) is 1.81. The van der Waals surface area contributed by atoms with Gasteiger partial charge in [0.2, 0.25) is 0 Å². The summed E-state index contributed by atoms with van der Waals surface area (Å²) in [5.74, 6) is 0.772.